The Hall–Kier alpha value is -2.10. The molecule has 2 N–H and O–H groups in total. The van der Waals surface area contributed by atoms with Crippen molar-refractivity contribution in [3.05, 3.63) is 48.0 Å². The Morgan fingerprint density at radius 3 is 2.38 bits per heavy atom. The van der Waals surface area contributed by atoms with Crippen LogP contribution in [0.2, 0.25) is 0 Å². The van der Waals surface area contributed by atoms with Gasteiger partial charge in [0.2, 0.25) is 5.91 Å². The summed E-state index contributed by atoms with van der Waals surface area (Å²) >= 11 is 0. The SMILES string of the molecule is C=CCCC(NC(=O)C(C)(C)c1ccc(C)cc1)C(=O)O. The van der Waals surface area contributed by atoms with Crippen LogP contribution in [0.1, 0.15) is 37.8 Å². The van der Waals surface area contributed by atoms with E-state index in [1.165, 1.54) is 0 Å². The molecule has 1 aromatic carbocycles. The van der Waals surface area contributed by atoms with E-state index < -0.39 is 17.4 Å². The number of allylic oxidation sites excluding steroid dienone is 1. The lowest BCUT2D eigenvalue weighted by molar-refractivity contribution is -0.142. The summed E-state index contributed by atoms with van der Waals surface area (Å²) in [4.78, 5) is 23.6. The Kier molecular flexibility index (Phi) is 5.70. The molecule has 0 heterocycles. The van der Waals surface area contributed by atoms with Crippen molar-refractivity contribution in [3.63, 3.8) is 0 Å². The summed E-state index contributed by atoms with van der Waals surface area (Å²) in [5, 5.41) is 11.8. The summed E-state index contributed by atoms with van der Waals surface area (Å²) in [5.74, 6) is -1.31. The predicted molar refractivity (Wildman–Crippen MR) is 83.2 cm³/mol. The van der Waals surface area contributed by atoms with Crippen LogP contribution >= 0.6 is 0 Å². The van der Waals surface area contributed by atoms with Gasteiger partial charge in [-0.25, -0.2) is 4.79 Å². The fourth-order valence-electron chi connectivity index (χ4n) is 1.98. The minimum atomic E-state index is -1.02. The van der Waals surface area contributed by atoms with E-state index in [-0.39, 0.29) is 5.91 Å². The highest BCUT2D eigenvalue weighted by atomic mass is 16.4. The molecule has 0 aliphatic rings. The maximum absolute atomic E-state index is 12.4. The molecule has 1 rings (SSSR count). The van der Waals surface area contributed by atoms with Crippen molar-refractivity contribution in [2.45, 2.75) is 45.1 Å². The van der Waals surface area contributed by atoms with E-state index in [0.717, 1.165) is 11.1 Å². The third kappa shape index (κ3) is 4.45. The molecule has 4 nitrogen and oxygen atoms in total. The summed E-state index contributed by atoms with van der Waals surface area (Å²) in [5.41, 5.74) is 1.19. The Balaban J connectivity index is 2.86. The van der Waals surface area contributed by atoms with Crippen molar-refractivity contribution in [1.29, 1.82) is 0 Å². The molecule has 0 bridgehead atoms. The van der Waals surface area contributed by atoms with Gasteiger partial charge in [0.05, 0.1) is 5.41 Å². The van der Waals surface area contributed by atoms with Crippen molar-refractivity contribution in [2.24, 2.45) is 0 Å². The molecule has 4 heteroatoms. The molecule has 1 aromatic rings. The number of aliphatic carboxylic acids is 1. The van der Waals surface area contributed by atoms with Gasteiger partial charge in [0, 0.05) is 0 Å². The van der Waals surface area contributed by atoms with Crippen molar-refractivity contribution in [3.8, 4) is 0 Å². The van der Waals surface area contributed by atoms with Crippen LogP contribution in [-0.2, 0) is 15.0 Å². The molecule has 21 heavy (non-hydrogen) atoms. The minimum Gasteiger partial charge on any atom is -0.480 e. The number of hydrogen-bond donors (Lipinski definition) is 2. The standard InChI is InChI=1S/C17H23NO3/c1-5-6-7-14(15(19)20)18-16(21)17(3,4)13-10-8-12(2)9-11-13/h5,8-11,14H,1,6-7H2,2-4H3,(H,18,21)(H,19,20). The van der Waals surface area contributed by atoms with E-state index in [9.17, 15) is 14.7 Å². The van der Waals surface area contributed by atoms with Gasteiger partial charge < -0.3 is 10.4 Å². The fraction of sp³-hybridized carbons (Fsp3) is 0.412. The van der Waals surface area contributed by atoms with Gasteiger partial charge in [-0.1, -0.05) is 35.9 Å². The van der Waals surface area contributed by atoms with Crippen LogP contribution in [0.15, 0.2) is 36.9 Å². The van der Waals surface area contributed by atoms with Gasteiger partial charge in [-0.05, 0) is 39.2 Å². The first-order valence-corrected chi connectivity index (χ1v) is 7.01. The van der Waals surface area contributed by atoms with Gasteiger partial charge in [0.25, 0.3) is 0 Å². The second-order valence-corrected chi connectivity index (χ2v) is 5.72. The Bertz CT molecular complexity index is 517. The maximum Gasteiger partial charge on any atom is 0.326 e. The third-order valence-corrected chi connectivity index (χ3v) is 3.60. The zero-order chi connectivity index (χ0) is 16.0. The number of carbonyl (C=O) groups is 2. The zero-order valence-electron chi connectivity index (χ0n) is 12.8. The van der Waals surface area contributed by atoms with Crippen LogP contribution in [-0.4, -0.2) is 23.0 Å². The smallest absolute Gasteiger partial charge is 0.326 e. The van der Waals surface area contributed by atoms with Crippen LogP contribution in [0.4, 0.5) is 0 Å². The largest absolute Gasteiger partial charge is 0.480 e. The number of aryl methyl sites for hydroxylation is 1. The minimum absolute atomic E-state index is 0.289. The first-order chi connectivity index (χ1) is 9.78. The van der Waals surface area contributed by atoms with Crippen LogP contribution in [0, 0.1) is 6.92 Å². The second-order valence-electron chi connectivity index (χ2n) is 5.72. The highest BCUT2D eigenvalue weighted by Crippen LogP contribution is 2.24. The molecule has 1 amide bonds. The zero-order valence-corrected chi connectivity index (χ0v) is 12.8. The lowest BCUT2D eigenvalue weighted by Crippen LogP contribution is -2.48. The maximum atomic E-state index is 12.4. The molecule has 0 aromatic heterocycles. The third-order valence-electron chi connectivity index (χ3n) is 3.60. The predicted octanol–water partition coefficient (Wildman–Crippen LogP) is 2.81. The van der Waals surface area contributed by atoms with E-state index in [2.05, 4.69) is 11.9 Å². The average molecular weight is 289 g/mol. The lowest BCUT2D eigenvalue weighted by Gasteiger charge is -2.26. The number of carboxylic acids is 1. The molecule has 0 spiro atoms. The van der Waals surface area contributed by atoms with Gasteiger partial charge in [-0.15, -0.1) is 6.58 Å². The molecule has 1 unspecified atom stereocenters. The molecular weight excluding hydrogens is 266 g/mol. The van der Waals surface area contributed by atoms with E-state index in [1.54, 1.807) is 19.9 Å². The molecule has 1 atom stereocenters. The first-order valence-electron chi connectivity index (χ1n) is 7.01. The first kappa shape index (κ1) is 17.0. The Morgan fingerprint density at radius 1 is 1.33 bits per heavy atom. The summed E-state index contributed by atoms with van der Waals surface area (Å²) in [6, 6.07) is 6.79. The lowest BCUT2D eigenvalue weighted by atomic mass is 9.83. The monoisotopic (exact) mass is 289 g/mol. The van der Waals surface area contributed by atoms with Crippen LogP contribution < -0.4 is 5.32 Å². The number of carbonyl (C=O) groups excluding carboxylic acids is 1. The van der Waals surface area contributed by atoms with Crippen molar-refractivity contribution in [1.82, 2.24) is 5.32 Å². The molecular formula is C17H23NO3. The summed E-state index contributed by atoms with van der Waals surface area (Å²) in [6.45, 7) is 9.13. The number of amides is 1. The van der Waals surface area contributed by atoms with Gasteiger partial charge in [-0.2, -0.15) is 0 Å². The topological polar surface area (TPSA) is 66.4 Å². The van der Waals surface area contributed by atoms with Crippen molar-refractivity contribution in [2.75, 3.05) is 0 Å². The average Bonchev–Trinajstić information content (AvgIpc) is 2.43. The molecule has 0 aliphatic heterocycles. The van der Waals surface area contributed by atoms with Crippen LogP contribution in [0.3, 0.4) is 0 Å². The van der Waals surface area contributed by atoms with Crippen molar-refractivity contribution < 1.29 is 14.7 Å². The highest BCUT2D eigenvalue weighted by Gasteiger charge is 2.32. The van der Waals surface area contributed by atoms with E-state index in [1.807, 2.05) is 31.2 Å². The number of benzene rings is 1. The Morgan fingerprint density at radius 2 is 1.90 bits per heavy atom. The number of rotatable bonds is 7. The molecule has 0 saturated carbocycles. The number of nitrogens with one attached hydrogen (secondary N) is 1. The van der Waals surface area contributed by atoms with E-state index in [0.29, 0.717) is 12.8 Å². The van der Waals surface area contributed by atoms with Gasteiger partial charge >= 0.3 is 5.97 Å². The van der Waals surface area contributed by atoms with Gasteiger partial charge in [0.15, 0.2) is 0 Å². The number of carboxylic acid groups (broad SMARTS) is 1. The molecule has 0 radical (unpaired) electrons. The van der Waals surface area contributed by atoms with Crippen LogP contribution in [0.25, 0.3) is 0 Å². The van der Waals surface area contributed by atoms with Gasteiger partial charge in [0.1, 0.15) is 6.04 Å². The summed E-state index contributed by atoms with van der Waals surface area (Å²) < 4.78 is 0. The number of hydrogen-bond acceptors (Lipinski definition) is 2. The molecule has 0 saturated heterocycles. The van der Waals surface area contributed by atoms with Crippen molar-refractivity contribution >= 4 is 11.9 Å². The summed E-state index contributed by atoms with van der Waals surface area (Å²) in [7, 11) is 0. The Labute approximate surface area is 125 Å². The normalized spacial score (nSPS) is 12.5. The summed E-state index contributed by atoms with van der Waals surface area (Å²) in [6.07, 6.45) is 2.53. The molecule has 0 aliphatic carbocycles. The molecule has 114 valence electrons. The van der Waals surface area contributed by atoms with E-state index >= 15 is 0 Å². The molecule has 0 fully saturated rings. The highest BCUT2D eigenvalue weighted by molar-refractivity contribution is 5.90. The van der Waals surface area contributed by atoms with Gasteiger partial charge in [-0.3, -0.25) is 4.79 Å². The van der Waals surface area contributed by atoms with E-state index in [4.69, 9.17) is 0 Å². The quantitative estimate of drug-likeness (QED) is 0.759. The van der Waals surface area contributed by atoms with Crippen LogP contribution in [0.5, 0.6) is 0 Å². The fourth-order valence-corrected chi connectivity index (χ4v) is 1.98. The second kappa shape index (κ2) is 7.07.